The van der Waals surface area contributed by atoms with Gasteiger partial charge in [-0.3, -0.25) is 14.4 Å². The van der Waals surface area contributed by atoms with Crippen LogP contribution in [-0.2, 0) is 57.0 Å². The lowest BCUT2D eigenvalue weighted by Crippen LogP contribution is -2.64. The number of esters is 1. The monoisotopic (exact) mass is 845 g/mol. The Morgan fingerprint density at radius 1 is 0.881 bits per heavy atom. The maximum Gasteiger partial charge on any atom is 0.308 e. The quantitative estimate of drug-likeness (QED) is 0.154. The van der Waals surface area contributed by atoms with Gasteiger partial charge in [-0.05, 0) is 45.6 Å². The normalized spacial score (nSPS) is 40.9. The van der Waals surface area contributed by atoms with Crippen molar-refractivity contribution in [2.24, 2.45) is 23.7 Å². The number of amides is 1. The zero-order chi connectivity index (χ0) is 44.3. The van der Waals surface area contributed by atoms with E-state index >= 15 is 0 Å². The van der Waals surface area contributed by atoms with Crippen molar-refractivity contribution in [1.82, 2.24) is 4.90 Å². The van der Waals surface area contributed by atoms with Crippen molar-refractivity contribution in [3.8, 4) is 0 Å². The lowest BCUT2D eigenvalue weighted by molar-refractivity contribution is -0.305. The fourth-order valence-corrected chi connectivity index (χ4v) is 8.23. The first-order chi connectivity index (χ1) is 27.8. The second-order valence-corrected chi connectivity index (χ2v) is 16.3. The molecular weight excluding hydrogens is 774 g/mol. The van der Waals surface area contributed by atoms with Crippen molar-refractivity contribution in [1.29, 1.82) is 0 Å². The molecule has 0 spiro atoms. The summed E-state index contributed by atoms with van der Waals surface area (Å²) < 4.78 is 53.1. The van der Waals surface area contributed by atoms with Crippen LogP contribution >= 0.6 is 0 Å². The number of aliphatic hydroxyl groups is 4. The Kier molecular flexibility index (Phi) is 20.5. The van der Waals surface area contributed by atoms with Gasteiger partial charge in [-0.1, -0.05) is 38.5 Å². The molecule has 1 amide bonds. The molecule has 17 heteroatoms. The molecule has 0 unspecified atom stereocenters. The average Bonchev–Trinajstić information content (AvgIpc) is 3.20. The van der Waals surface area contributed by atoms with Gasteiger partial charge in [-0.15, -0.1) is 0 Å². The highest BCUT2D eigenvalue weighted by molar-refractivity contribution is 5.91. The number of nitrogens with zero attached hydrogens (tertiary/aromatic N) is 1. The van der Waals surface area contributed by atoms with Gasteiger partial charge in [0.05, 0.1) is 43.5 Å². The van der Waals surface area contributed by atoms with Crippen LogP contribution in [0.25, 0.3) is 0 Å². The van der Waals surface area contributed by atoms with Crippen LogP contribution in [0.15, 0.2) is 23.8 Å². The fraction of sp³-hybridized carbons (Fsp3) is 0.833. The minimum atomic E-state index is -1.51. The van der Waals surface area contributed by atoms with E-state index in [1.807, 2.05) is 19.9 Å². The van der Waals surface area contributed by atoms with Gasteiger partial charge in [-0.2, -0.15) is 0 Å². The van der Waals surface area contributed by atoms with Gasteiger partial charge in [0.25, 0.3) is 0 Å². The highest BCUT2D eigenvalue weighted by Crippen LogP contribution is 2.36. The molecule has 0 bridgehead atoms. The van der Waals surface area contributed by atoms with Crippen LogP contribution in [0.2, 0.25) is 0 Å². The Hall–Kier alpha value is -2.39. The van der Waals surface area contributed by atoms with Gasteiger partial charge >= 0.3 is 5.97 Å². The number of aliphatic hydroxyl groups excluding tert-OH is 4. The Morgan fingerprint density at radius 2 is 1.49 bits per heavy atom. The van der Waals surface area contributed by atoms with E-state index in [1.165, 1.54) is 53.4 Å². The highest BCUT2D eigenvalue weighted by Gasteiger charge is 2.49. The molecule has 0 aromatic carbocycles. The van der Waals surface area contributed by atoms with Gasteiger partial charge in [0, 0.05) is 66.6 Å². The summed E-state index contributed by atoms with van der Waals surface area (Å²) in [5.41, 5.74) is 0.697. The van der Waals surface area contributed by atoms with Crippen LogP contribution in [0.1, 0.15) is 74.1 Å². The molecule has 0 radical (unpaired) electrons. The molecular formula is C42H71NO16. The van der Waals surface area contributed by atoms with E-state index in [4.69, 9.17) is 42.6 Å². The minimum Gasteiger partial charge on any atom is -0.462 e. The summed E-state index contributed by atoms with van der Waals surface area (Å²) in [6.45, 7) is 11.7. The average molecular weight is 846 g/mol. The third-order valence-corrected chi connectivity index (χ3v) is 12.1. The third kappa shape index (κ3) is 13.3. The molecule has 0 saturated carbocycles. The summed E-state index contributed by atoms with van der Waals surface area (Å²) >= 11 is 0. The fourth-order valence-electron chi connectivity index (χ4n) is 8.23. The first-order valence-electron chi connectivity index (χ1n) is 20.6. The summed E-state index contributed by atoms with van der Waals surface area (Å²) in [5.74, 6) is -3.81. The number of rotatable bonds is 13. The second kappa shape index (κ2) is 23.7. The molecule has 2 fully saturated rings. The van der Waals surface area contributed by atoms with E-state index in [-0.39, 0.29) is 25.2 Å². The van der Waals surface area contributed by atoms with Crippen molar-refractivity contribution in [3.63, 3.8) is 0 Å². The van der Waals surface area contributed by atoms with Crippen LogP contribution in [0.5, 0.6) is 0 Å². The summed E-state index contributed by atoms with van der Waals surface area (Å²) in [7, 11) is 7.34. The van der Waals surface area contributed by atoms with Gasteiger partial charge in [0.1, 0.15) is 36.6 Å². The van der Waals surface area contributed by atoms with Crippen LogP contribution in [-0.4, -0.2) is 171 Å². The van der Waals surface area contributed by atoms with E-state index in [1.54, 1.807) is 33.8 Å². The number of hydrogen-bond acceptors (Lipinski definition) is 16. The highest BCUT2D eigenvalue weighted by atomic mass is 16.7. The first-order valence-corrected chi connectivity index (χ1v) is 20.6. The Morgan fingerprint density at radius 3 is 2.07 bits per heavy atom. The molecule has 0 aromatic rings. The largest absolute Gasteiger partial charge is 0.462 e. The zero-order valence-corrected chi connectivity index (χ0v) is 36.8. The van der Waals surface area contributed by atoms with Crippen LogP contribution < -0.4 is 0 Å². The standard InChI is InChI=1S/C42H71NO16/c1-13-31-28(20-55-42-40(54-12)39(53-11)36(49)25(6)57-42)16-21(2)14-15-29(45)22(3)17-27(18-33(51-9)52-10)38(23(4)30(46)19-32(47)58-31)59-41-37(50)34(43(8)26(7)44)35(48)24(5)56-41/h14-16,22-25,27-28,30-31,33-42,46,48-50H,13,17-20H2,1-12H3/b15-14+,21-16+/t22-,23+,24+,25-,27-,28-,30-,31-,34-,35+,36-,37+,38-,39-,40-,41-,42-/m1/s1. The Balaban J connectivity index is 2.04. The van der Waals surface area contributed by atoms with Gasteiger partial charge in [0.15, 0.2) is 24.7 Å². The number of carbonyl (C=O) groups is 3. The molecule has 0 aromatic heterocycles. The van der Waals surface area contributed by atoms with Crippen molar-refractivity contribution in [2.75, 3.05) is 42.1 Å². The molecule has 2 saturated heterocycles. The molecule has 3 heterocycles. The van der Waals surface area contributed by atoms with Crippen molar-refractivity contribution in [3.05, 3.63) is 23.8 Å². The predicted molar refractivity (Wildman–Crippen MR) is 212 cm³/mol. The lowest BCUT2D eigenvalue weighted by atomic mass is 9.79. The topological polar surface area (TPSA) is 218 Å². The van der Waals surface area contributed by atoms with E-state index in [9.17, 15) is 34.8 Å². The van der Waals surface area contributed by atoms with Crippen molar-refractivity contribution in [2.45, 2.75) is 160 Å². The summed E-state index contributed by atoms with van der Waals surface area (Å²) in [6.07, 6.45) is -7.48. The molecule has 17 nitrogen and oxygen atoms in total. The van der Waals surface area contributed by atoms with Gasteiger partial charge in [0.2, 0.25) is 5.91 Å². The third-order valence-electron chi connectivity index (χ3n) is 12.1. The molecule has 4 N–H and O–H groups in total. The Bertz CT molecular complexity index is 1390. The summed E-state index contributed by atoms with van der Waals surface area (Å²) in [4.78, 5) is 41.2. The SMILES string of the molecule is CC[C@H]1OC(=O)C[C@@H](O)[C@H](C)[C@@H](O[C@H]2O[C@@H](C)[C@H](O)[C@@H](N(C)C(C)=O)[C@@H]2O)[C@@H](CC(OC)OC)C[C@@H](C)C(=O)/C=C/C(C)=C/[C@@H]1CO[C@@H]1O[C@H](C)[C@@H](O)[C@@H](OC)[C@H]1OC. The minimum absolute atomic E-state index is 0.00153. The number of ether oxygens (including phenoxy) is 9. The zero-order valence-electron chi connectivity index (χ0n) is 36.8. The van der Waals surface area contributed by atoms with E-state index in [0.717, 1.165) is 0 Å². The summed E-state index contributed by atoms with van der Waals surface area (Å²) in [6, 6.07) is -1.09. The first kappa shape index (κ1) is 51.0. The summed E-state index contributed by atoms with van der Waals surface area (Å²) in [5, 5.41) is 45.0. The van der Waals surface area contributed by atoms with Crippen molar-refractivity contribution < 1.29 is 77.4 Å². The van der Waals surface area contributed by atoms with Crippen LogP contribution in [0, 0.1) is 23.7 Å². The second-order valence-electron chi connectivity index (χ2n) is 16.3. The number of allylic oxidation sites excluding steroid dienone is 3. The number of likely N-dealkylation sites (N-methyl/N-ethyl adjacent to an activating group) is 1. The molecule has 17 atom stereocenters. The van der Waals surface area contributed by atoms with Crippen molar-refractivity contribution >= 4 is 17.7 Å². The molecule has 0 aliphatic carbocycles. The number of carbonyl (C=O) groups excluding carboxylic acids is 3. The molecule has 59 heavy (non-hydrogen) atoms. The Labute approximate surface area is 349 Å². The number of methoxy groups -OCH3 is 4. The molecule has 3 aliphatic rings. The van der Waals surface area contributed by atoms with E-state index in [2.05, 4.69) is 0 Å². The predicted octanol–water partition coefficient (Wildman–Crippen LogP) is 1.90. The molecule has 340 valence electrons. The molecule has 3 rings (SSSR count). The van der Waals surface area contributed by atoms with Gasteiger partial charge < -0.3 is 68.0 Å². The number of ketones is 1. The smallest absolute Gasteiger partial charge is 0.308 e. The number of hydrogen-bond donors (Lipinski definition) is 4. The lowest BCUT2D eigenvalue weighted by Gasteiger charge is -2.47. The van der Waals surface area contributed by atoms with E-state index < -0.39 is 128 Å². The molecule has 3 aliphatic heterocycles. The van der Waals surface area contributed by atoms with Crippen LogP contribution in [0.3, 0.4) is 0 Å². The number of cyclic esters (lactones) is 1. The maximum absolute atomic E-state index is 13.8. The van der Waals surface area contributed by atoms with E-state index in [0.29, 0.717) is 12.0 Å². The van der Waals surface area contributed by atoms with Crippen LogP contribution in [0.4, 0.5) is 0 Å². The van der Waals surface area contributed by atoms with Gasteiger partial charge in [-0.25, -0.2) is 0 Å². The maximum atomic E-state index is 13.8.